The highest BCUT2D eigenvalue weighted by molar-refractivity contribution is 5.55. The first-order chi connectivity index (χ1) is 9.65. The van der Waals surface area contributed by atoms with E-state index in [0.29, 0.717) is 18.2 Å². The molecule has 20 heavy (non-hydrogen) atoms. The van der Waals surface area contributed by atoms with Crippen molar-refractivity contribution < 1.29 is 13.9 Å². The van der Waals surface area contributed by atoms with Gasteiger partial charge in [0.2, 0.25) is 5.95 Å². The van der Waals surface area contributed by atoms with Gasteiger partial charge in [-0.05, 0) is 19.1 Å². The fourth-order valence-electron chi connectivity index (χ4n) is 1.96. The molecule has 0 radical (unpaired) electrons. The molecule has 5 nitrogen and oxygen atoms in total. The van der Waals surface area contributed by atoms with Crippen molar-refractivity contribution in [3.63, 3.8) is 0 Å². The van der Waals surface area contributed by atoms with E-state index in [1.54, 1.807) is 25.4 Å². The molecule has 0 aliphatic rings. The van der Waals surface area contributed by atoms with Crippen LogP contribution in [0, 0.1) is 5.82 Å². The topological polar surface area (TPSA) is 48.3 Å². The van der Waals surface area contributed by atoms with Crippen LogP contribution in [0.2, 0.25) is 0 Å². The van der Waals surface area contributed by atoms with Crippen molar-refractivity contribution in [3.8, 4) is 5.75 Å². The summed E-state index contributed by atoms with van der Waals surface area (Å²) in [5.41, 5.74) is 0.611. The van der Waals surface area contributed by atoms with Gasteiger partial charge in [0, 0.05) is 31.3 Å². The highest BCUT2D eigenvalue weighted by Crippen LogP contribution is 2.24. The number of nitrogens with one attached hydrogen (secondary N) is 1. The number of methoxy groups -OCH3 is 2. The molecule has 2 rings (SSSR count). The third kappa shape index (κ3) is 3.08. The first-order valence-electron chi connectivity index (χ1n) is 6.28. The quantitative estimate of drug-likeness (QED) is 0.883. The van der Waals surface area contributed by atoms with Crippen molar-refractivity contribution in [3.05, 3.63) is 36.4 Å². The van der Waals surface area contributed by atoms with E-state index >= 15 is 0 Å². The lowest BCUT2D eigenvalue weighted by Gasteiger charge is -2.16. The molecular weight excluding hydrogens is 261 g/mol. The summed E-state index contributed by atoms with van der Waals surface area (Å²) in [6.45, 7) is 2.59. The van der Waals surface area contributed by atoms with E-state index in [4.69, 9.17) is 9.47 Å². The Kier molecular flexibility index (Phi) is 4.57. The monoisotopic (exact) mass is 279 g/mol. The molecule has 0 aliphatic heterocycles. The molecule has 0 spiro atoms. The molecule has 0 saturated heterocycles. The standard InChI is InChI=1S/C14H18FN3O2/c1-10(9-19-2)18-7-6-16-14(18)17-11-4-5-13(20-3)12(15)8-11/h4-8,10H,9H2,1-3H3,(H,16,17). The van der Waals surface area contributed by atoms with Crippen LogP contribution in [-0.4, -0.2) is 30.4 Å². The van der Waals surface area contributed by atoms with Crippen LogP contribution < -0.4 is 10.1 Å². The van der Waals surface area contributed by atoms with Crippen molar-refractivity contribution in [2.75, 3.05) is 26.1 Å². The molecule has 6 heteroatoms. The van der Waals surface area contributed by atoms with Crippen LogP contribution >= 0.6 is 0 Å². The van der Waals surface area contributed by atoms with Crippen molar-refractivity contribution in [2.24, 2.45) is 0 Å². The molecule has 0 fully saturated rings. The smallest absolute Gasteiger partial charge is 0.207 e. The number of ether oxygens (including phenoxy) is 2. The molecule has 1 heterocycles. The number of hydrogen-bond acceptors (Lipinski definition) is 4. The fraction of sp³-hybridized carbons (Fsp3) is 0.357. The van der Waals surface area contributed by atoms with E-state index < -0.39 is 5.82 Å². The molecular formula is C14H18FN3O2. The summed E-state index contributed by atoms with van der Waals surface area (Å²) in [6, 6.07) is 4.82. The van der Waals surface area contributed by atoms with Gasteiger partial charge in [-0.15, -0.1) is 0 Å². The van der Waals surface area contributed by atoms with Gasteiger partial charge < -0.3 is 19.4 Å². The molecule has 1 atom stereocenters. The molecule has 2 aromatic rings. The highest BCUT2D eigenvalue weighted by Gasteiger charge is 2.11. The van der Waals surface area contributed by atoms with Crippen LogP contribution in [-0.2, 0) is 4.74 Å². The van der Waals surface area contributed by atoms with Gasteiger partial charge in [0.05, 0.1) is 19.8 Å². The van der Waals surface area contributed by atoms with Crippen LogP contribution in [0.3, 0.4) is 0 Å². The van der Waals surface area contributed by atoms with Gasteiger partial charge in [0.25, 0.3) is 0 Å². The van der Waals surface area contributed by atoms with Crippen LogP contribution in [0.25, 0.3) is 0 Å². The van der Waals surface area contributed by atoms with Gasteiger partial charge in [-0.2, -0.15) is 0 Å². The number of rotatable bonds is 6. The normalized spacial score (nSPS) is 12.2. The maximum Gasteiger partial charge on any atom is 0.207 e. The van der Waals surface area contributed by atoms with Gasteiger partial charge in [-0.3, -0.25) is 0 Å². The zero-order chi connectivity index (χ0) is 14.5. The summed E-state index contributed by atoms with van der Waals surface area (Å²) in [5, 5.41) is 3.08. The molecule has 0 aliphatic carbocycles. The first-order valence-corrected chi connectivity index (χ1v) is 6.28. The van der Waals surface area contributed by atoms with E-state index in [1.165, 1.54) is 13.2 Å². The molecule has 1 unspecified atom stereocenters. The Morgan fingerprint density at radius 1 is 1.40 bits per heavy atom. The molecule has 1 aromatic heterocycles. The molecule has 0 saturated carbocycles. The maximum absolute atomic E-state index is 13.6. The summed E-state index contributed by atoms with van der Waals surface area (Å²) in [7, 11) is 3.09. The summed E-state index contributed by atoms with van der Waals surface area (Å²) in [4.78, 5) is 4.23. The Bertz CT molecular complexity index is 571. The number of benzene rings is 1. The second-order valence-corrected chi connectivity index (χ2v) is 4.44. The predicted octanol–water partition coefficient (Wildman–Crippen LogP) is 2.98. The highest BCUT2D eigenvalue weighted by atomic mass is 19.1. The summed E-state index contributed by atoms with van der Waals surface area (Å²) >= 11 is 0. The second kappa shape index (κ2) is 6.38. The largest absolute Gasteiger partial charge is 0.494 e. The second-order valence-electron chi connectivity index (χ2n) is 4.44. The minimum absolute atomic E-state index is 0.132. The third-order valence-electron chi connectivity index (χ3n) is 2.96. The van der Waals surface area contributed by atoms with Crippen LogP contribution in [0.15, 0.2) is 30.6 Å². The fourth-order valence-corrected chi connectivity index (χ4v) is 1.96. The Labute approximate surface area is 117 Å². The minimum atomic E-state index is -0.416. The average molecular weight is 279 g/mol. The SMILES string of the molecule is COCC(C)n1ccnc1Nc1ccc(OC)c(F)c1. The van der Waals surface area contributed by atoms with E-state index in [9.17, 15) is 4.39 Å². The average Bonchev–Trinajstić information content (AvgIpc) is 2.87. The maximum atomic E-state index is 13.6. The van der Waals surface area contributed by atoms with E-state index in [0.717, 1.165) is 0 Å². The van der Waals surface area contributed by atoms with Gasteiger partial charge >= 0.3 is 0 Å². The van der Waals surface area contributed by atoms with Crippen molar-refractivity contribution in [1.29, 1.82) is 0 Å². The van der Waals surface area contributed by atoms with Gasteiger partial charge in [-0.1, -0.05) is 0 Å². The first kappa shape index (κ1) is 14.3. The van der Waals surface area contributed by atoms with Crippen LogP contribution in [0.4, 0.5) is 16.0 Å². The van der Waals surface area contributed by atoms with E-state index in [-0.39, 0.29) is 11.8 Å². The van der Waals surface area contributed by atoms with Crippen molar-refractivity contribution in [2.45, 2.75) is 13.0 Å². The number of nitrogens with zero attached hydrogens (tertiary/aromatic N) is 2. The minimum Gasteiger partial charge on any atom is -0.494 e. The van der Waals surface area contributed by atoms with Crippen molar-refractivity contribution in [1.82, 2.24) is 9.55 Å². The Morgan fingerprint density at radius 2 is 2.20 bits per heavy atom. The van der Waals surface area contributed by atoms with Crippen LogP contribution in [0.5, 0.6) is 5.75 Å². The molecule has 0 bridgehead atoms. The molecule has 0 amide bonds. The molecule has 108 valence electrons. The van der Waals surface area contributed by atoms with Crippen molar-refractivity contribution >= 4 is 11.6 Å². The lowest BCUT2D eigenvalue weighted by molar-refractivity contribution is 0.163. The predicted molar refractivity (Wildman–Crippen MR) is 75.0 cm³/mol. The number of imidazole rings is 1. The molecule has 1 N–H and O–H groups in total. The van der Waals surface area contributed by atoms with Crippen LogP contribution in [0.1, 0.15) is 13.0 Å². The van der Waals surface area contributed by atoms with E-state index in [2.05, 4.69) is 10.3 Å². The summed E-state index contributed by atoms with van der Waals surface area (Å²) < 4.78 is 25.6. The Morgan fingerprint density at radius 3 is 2.85 bits per heavy atom. The lowest BCUT2D eigenvalue weighted by atomic mass is 10.3. The summed E-state index contributed by atoms with van der Waals surface area (Å²) in [5.74, 6) is 0.436. The van der Waals surface area contributed by atoms with Gasteiger partial charge in [-0.25, -0.2) is 9.37 Å². The number of hydrogen-bond donors (Lipinski definition) is 1. The molecule has 1 aromatic carbocycles. The Hall–Kier alpha value is -2.08. The lowest BCUT2D eigenvalue weighted by Crippen LogP contribution is -2.12. The zero-order valence-electron chi connectivity index (χ0n) is 11.8. The van der Waals surface area contributed by atoms with Gasteiger partial charge in [0.15, 0.2) is 11.6 Å². The third-order valence-corrected chi connectivity index (χ3v) is 2.96. The number of halogens is 1. The van der Waals surface area contributed by atoms with Gasteiger partial charge in [0.1, 0.15) is 0 Å². The summed E-state index contributed by atoms with van der Waals surface area (Å²) in [6.07, 6.45) is 3.54. The number of anilines is 2. The zero-order valence-corrected chi connectivity index (χ0v) is 11.8. The number of aromatic nitrogens is 2. The Balaban J connectivity index is 2.18. The van der Waals surface area contributed by atoms with E-state index in [1.807, 2.05) is 17.7 Å².